The molecule has 0 amide bonds. The van der Waals surface area contributed by atoms with Crippen molar-refractivity contribution in [3.05, 3.63) is 0 Å². The van der Waals surface area contributed by atoms with E-state index in [2.05, 4.69) is 0 Å². The van der Waals surface area contributed by atoms with Gasteiger partial charge in [0.2, 0.25) is 0 Å². The van der Waals surface area contributed by atoms with E-state index in [9.17, 15) is 4.79 Å². The molecule has 0 aromatic heterocycles. The number of piperidine rings is 1. The van der Waals surface area contributed by atoms with Gasteiger partial charge in [-0.2, -0.15) is 0 Å². The molecule has 0 saturated carbocycles. The van der Waals surface area contributed by atoms with E-state index >= 15 is 0 Å². The molecule has 0 radical (unpaired) electrons. The summed E-state index contributed by atoms with van der Waals surface area (Å²) < 4.78 is 0. The number of carbonyl (C=O) groups excluding carboxylic acids is 1. The zero-order chi connectivity index (χ0) is 9.68. The summed E-state index contributed by atoms with van der Waals surface area (Å²) in [7, 11) is 0. The van der Waals surface area contributed by atoms with E-state index in [-0.39, 0.29) is 5.48 Å². The van der Waals surface area contributed by atoms with Crippen LogP contribution < -0.4 is 0 Å². The third-order valence-electron chi connectivity index (χ3n) is 1.98. The Morgan fingerprint density at radius 2 is 1.93 bits per heavy atom. The molecule has 1 atom stereocenters. The van der Waals surface area contributed by atoms with Crippen LogP contribution in [0.15, 0.2) is 0 Å². The summed E-state index contributed by atoms with van der Waals surface area (Å²) in [6.07, 6.45) is 1.74. The van der Waals surface area contributed by atoms with Crippen LogP contribution in [0.1, 0.15) is 19.3 Å². The van der Waals surface area contributed by atoms with Crippen LogP contribution in [0.25, 0.3) is 0 Å². The second kappa shape index (κ2) is 6.72. The molecular weight excluding hydrogens is 190 g/mol. The van der Waals surface area contributed by atoms with Gasteiger partial charge in [0.25, 0.3) is 0 Å². The Bertz CT molecular complexity index is 169. The molecule has 1 unspecified atom stereocenters. The molecule has 1 heterocycles. The molecule has 1 aliphatic heterocycles. The van der Waals surface area contributed by atoms with Crippen molar-refractivity contribution in [3.63, 3.8) is 0 Å². The number of nitrogens with zero attached hydrogens (tertiary/aromatic N) is 1. The van der Waals surface area contributed by atoms with Crippen molar-refractivity contribution in [2.24, 2.45) is 0 Å². The summed E-state index contributed by atoms with van der Waals surface area (Å²) in [5.74, 6) is -0.774. The topological polar surface area (TPSA) is 102 Å². The Kier molecular flexibility index (Phi) is 6.39. The van der Waals surface area contributed by atoms with E-state index in [1.165, 1.54) is 5.06 Å². The van der Waals surface area contributed by atoms with Crippen LogP contribution in [0.5, 0.6) is 0 Å². The number of hydrogen-bond donors (Lipinski definition) is 2. The standard InChI is InChI=1S/C8H15NO4.H2O/c10-6-7(11)8(12)13-9-4-2-1-3-5-9;/h7,10-11H,1-6H2;1H2. The molecule has 0 aromatic carbocycles. The highest BCUT2D eigenvalue weighted by molar-refractivity contribution is 5.74. The summed E-state index contributed by atoms with van der Waals surface area (Å²) in [5, 5.41) is 18.9. The fourth-order valence-corrected chi connectivity index (χ4v) is 1.22. The highest BCUT2D eigenvalue weighted by Crippen LogP contribution is 2.09. The van der Waals surface area contributed by atoms with Crippen LogP contribution in [0.4, 0.5) is 0 Å². The quantitative estimate of drug-likeness (QED) is 0.584. The number of rotatable bonds is 3. The van der Waals surface area contributed by atoms with Gasteiger partial charge in [-0.05, 0) is 12.8 Å². The van der Waals surface area contributed by atoms with E-state index in [4.69, 9.17) is 15.1 Å². The van der Waals surface area contributed by atoms with E-state index < -0.39 is 18.7 Å². The van der Waals surface area contributed by atoms with Crippen molar-refractivity contribution >= 4 is 5.97 Å². The van der Waals surface area contributed by atoms with Crippen LogP contribution >= 0.6 is 0 Å². The molecule has 6 heteroatoms. The zero-order valence-corrected chi connectivity index (χ0v) is 7.98. The van der Waals surface area contributed by atoms with Crippen LogP contribution in [0.3, 0.4) is 0 Å². The minimum atomic E-state index is -1.41. The Morgan fingerprint density at radius 3 is 2.43 bits per heavy atom. The smallest absolute Gasteiger partial charge is 0.356 e. The van der Waals surface area contributed by atoms with Gasteiger partial charge in [-0.25, -0.2) is 4.79 Å². The minimum absolute atomic E-state index is 0. The van der Waals surface area contributed by atoms with Gasteiger partial charge in [0, 0.05) is 13.1 Å². The molecule has 0 aromatic rings. The lowest BCUT2D eigenvalue weighted by Crippen LogP contribution is -2.37. The maximum atomic E-state index is 11.0. The second-order valence-corrected chi connectivity index (χ2v) is 3.10. The van der Waals surface area contributed by atoms with Crippen molar-refractivity contribution in [2.75, 3.05) is 19.7 Å². The normalized spacial score (nSPS) is 19.6. The van der Waals surface area contributed by atoms with Crippen molar-refractivity contribution in [1.82, 2.24) is 5.06 Å². The van der Waals surface area contributed by atoms with Crippen molar-refractivity contribution < 1.29 is 25.3 Å². The third-order valence-corrected chi connectivity index (χ3v) is 1.98. The molecule has 0 aliphatic carbocycles. The molecule has 1 aliphatic rings. The van der Waals surface area contributed by atoms with E-state index in [1.54, 1.807) is 0 Å². The molecule has 4 N–H and O–H groups in total. The first-order chi connectivity index (χ1) is 6.24. The Labute approximate surface area is 82.3 Å². The maximum absolute atomic E-state index is 11.0. The average molecular weight is 207 g/mol. The number of carbonyl (C=O) groups is 1. The molecule has 1 rings (SSSR count). The highest BCUT2D eigenvalue weighted by Gasteiger charge is 2.20. The summed E-state index contributed by atoms with van der Waals surface area (Å²) in [5.41, 5.74) is 0. The molecule has 1 saturated heterocycles. The number of hydrogen-bond acceptors (Lipinski definition) is 5. The molecule has 0 spiro atoms. The predicted octanol–water partition coefficient (Wildman–Crippen LogP) is -1.54. The second-order valence-electron chi connectivity index (χ2n) is 3.10. The largest absolute Gasteiger partial charge is 0.412 e. The fraction of sp³-hybridized carbons (Fsp3) is 0.875. The minimum Gasteiger partial charge on any atom is -0.412 e. The van der Waals surface area contributed by atoms with E-state index in [0.717, 1.165) is 19.3 Å². The van der Waals surface area contributed by atoms with Gasteiger partial charge in [-0.1, -0.05) is 6.42 Å². The summed E-state index contributed by atoms with van der Waals surface area (Å²) >= 11 is 0. The fourth-order valence-electron chi connectivity index (χ4n) is 1.22. The van der Waals surface area contributed by atoms with Gasteiger partial charge >= 0.3 is 5.97 Å². The molecule has 1 fully saturated rings. The summed E-state index contributed by atoms with van der Waals surface area (Å²) in [6, 6.07) is 0. The Balaban J connectivity index is 0.00000169. The van der Waals surface area contributed by atoms with Crippen molar-refractivity contribution in [1.29, 1.82) is 0 Å². The van der Waals surface area contributed by atoms with Crippen LogP contribution in [0, 0.1) is 0 Å². The van der Waals surface area contributed by atoms with Gasteiger partial charge in [0.15, 0.2) is 6.10 Å². The van der Waals surface area contributed by atoms with E-state index in [1.807, 2.05) is 0 Å². The van der Waals surface area contributed by atoms with Gasteiger partial charge in [-0.15, -0.1) is 5.06 Å². The van der Waals surface area contributed by atoms with Gasteiger partial charge in [-0.3, -0.25) is 0 Å². The summed E-state index contributed by atoms with van der Waals surface area (Å²) in [4.78, 5) is 15.8. The Hall–Kier alpha value is -0.690. The SMILES string of the molecule is O.O=C(ON1CCCCC1)C(O)CO. The first kappa shape index (κ1) is 13.3. The number of hydroxylamine groups is 2. The monoisotopic (exact) mass is 207 g/mol. The zero-order valence-electron chi connectivity index (χ0n) is 7.98. The Morgan fingerprint density at radius 1 is 1.36 bits per heavy atom. The van der Waals surface area contributed by atoms with Crippen LogP contribution in [-0.2, 0) is 9.63 Å². The van der Waals surface area contributed by atoms with Gasteiger partial charge in [0.1, 0.15) is 0 Å². The van der Waals surface area contributed by atoms with Crippen LogP contribution in [-0.4, -0.2) is 52.5 Å². The lowest BCUT2D eigenvalue weighted by atomic mass is 10.2. The van der Waals surface area contributed by atoms with E-state index in [0.29, 0.717) is 13.1 Å². The third kappa shape index (κ3) is 4.01. The molecule has 6 nitrogen and oxygen atoms in total. The maximum Gasteiger partial charge on any atom is 0.356 e. The number of aliphatic hydroxyl groups is 2. The first-order valence-corrected chi connectivity index (χ1v) is 4.49. The highest BCUT2D eigenvalue weighted by atomic mass is 16.7. The molecular formula is C8H17NO5. The molecule has 0 bridgehead atoms. The van der Waals surface area contributed by atoms with Crippen molar-refractivity contribution in [3.8, 4) is 0 Å². The lowest BCUT2D eigenvalue weighted by Gasteiger charge is -2.25. The average Bonchev–Trinajstić information content (AvgIpc) is 2.18. The first-order valence-electron chi connectivity index (χ1n) is 4.49. The van der Waals surface area contributed by atoms with Crippen molar-refractivity contribution in [2.45, 2.75) is 25.4 Å². The predicted molar refractivity (Wildman–Crippen MR) is 48.2 cm³/mol. The summed E-state index contributed by atoms with van der Waals surface area (Å²) in [6.45, 7) is 0.834. The van der Waals surface area contributed by atoms with Gasteiger partial charge < -0.3 is 20.5 Å². The van der Waals surface area contributed by atoms with Gasteiger partial charge in [0.05, 0.1) is 6.61 Å². The number of aliphatic hydroxyl groups excluding tert-OH is 2. The molecule has 14 heavy (non-hydrogen) atoms. The molecule has 84 valence electrons. The van der Waals surface area contributed by atoms with Crippen LogP contribution in [0.2, 0.25) is 0 Å². The lowest BCUT2D eigenvalue weighted by molar-refractivity contribution is -0.205.